The first-order valence-electron chi connectivity index (χ1n) is 4.74. The first-order chi connectivity index (χ1) is 5.77. The van der Waals surface area contributed by atoms with Gasteiger partial charge in [-0.1, -0.05) is 6.04 Å². The van der Waals surface area contributed by atoms with Gasteiger partial charge < -0.3 is 9.84 Å². The molecule has 1 rings (SSSR count). The maximum Gasteiger partial charge on any atom is 0.141 e. The lowest BCUT2D eigenvalue weighted by Crippen LogP contribution is -2.41. The van der Waals surface area contributed by atoms with E-state index in [0.29, 0.717) is 0 Å². The first-order valence-corrected chi connectivity index (χ1v) is 7.08. The summed E-state index contributed by atoms with van der Waals surface area (Å²) in [7, 11) is -0.457. The smallest absolute Gasteiger partial charge is 0.141 e. The quantitative estimate of drug-likeness (QED) is 0.404. The fourth-order valence-corrected chi connectivity index (χ4v) is 4.03. The van der Waals surface area contributed by atoms with E-state index in [1.807, 2.05) is 0 Å². The van der Waals surface area contributed by atoms with Crippen molar-refractivity contribution in [3.05, 3.63) is 0 Å². The van der Waals surface area contributed by atoms with Gasteiger partial charge in [0.15, 0.2) is 0 Å². The molecular formula is C8H18O2SSi. The molecule has 12 heavy (non-hydrogen) atoms. The topological polar surface area (TPSA) is 29.5 Å². The van der Waals surface area contributed by atoms with E-state index < -0.39 is 14.9 Å². The van der Waals surface area contributed by atoms with Crippen LogP contribution >= 0.6 is 12.6 Å². The number of rotatable bonds is 4. The van der Waals surface area contributed by atoms with Crippen LogP contribution in [0.1, 0.15) is 25.7 Å². The third kappa shape index (κ3) is 3.47. The predicted octanol–water partition coefficient (Wildman–Crippen LogP) is 0.740. The molecule has 1 unspecified atom stereocenters. The molecule has 2 nitrogen and oxygen atoms in total. The molecule has 1 heterocycles. The highest BCUT2D eigenvalue weighted by atomic mass is 32.1. The molecule has 0 bridgehead atoms. The summed E-state index contributed by atoms with van der Waals surface area (Å²) in [6.07, 6.45) is 4.24. The Bertz CT molecular complexity index is 126. The molecule has 72 valence electrons. The molecule has 0 aliphatic carbocycles. The molecule has 1 atom stereocenters. The highest BCUT2D eigenvalue weighted by Gasteiger charge is 2.29. The van der Waals surface area contributed by atoms with E-state index in [2.05, 4.69) is 12.6 Å². The molecule has 1 aliphatic heterocycles. The van der Waals surface area contributed by atoms with E-state index >= 15 is 0 Å². The molecule has 0 radical (unpaired) electrons. The average molecular weight is 206 g/mol. The van der Waals surface area contributed by atoms with Crippen LogP contribution < -0.4 is 0 Å². The number of thiol groups is 1. The van der Waals surface area contributed by atoms with Crippen LogP contribution in [-0.2, 0) is 4.74 Å². The van der Waals surface area contributed by atoms with E-state index in [9.17, 15) is 5.11 Å². The number of ether oxygens (including phenoxy) is 1. The largest absolute Gasteiger partial charge is 0.370 e. The minimum absolute atomic E-state index is 0.457. The van der Waals surface area contributed by atoms with Gasteiger partial charge in [-0.3, -0.25) is 0 Å². The van der Waals surface area contributed by atoms with Gasteiger partial charge >= 0.3 is 0 Å². The second-order valence-corrected chi connectivity index (χ2v) is 6.19. The highest BCUT2D eigenvalue weighted by molar-refractivity contribution is 7.80. The third-order valence-electron chi connectivity index (χ3n) is 2.31. The Hall–Kier alpha value is 0.487. The van der Waals surface area contributed by atoms with Gasteiger partial charge in [-0.2, -0.15) is 12.6 Å². The Kier molecular flexibility index (Phi) is 4.64. The van der Waals surface area contributed by atoms with E-state index in [-0.39, 0.29) is 0 Å². The standard InChI is InChI=1S/C8H18O2SSi/c9-8(12-7-3-6-11)4-1-2-5-10-8/h9,11H,1-7,12H2. The Labute approximate surface area is 81.9 Å². The minimum atomic E-state index is -0.665. The summed E-state index contributed by atoms with van der Waals surface area (Å²) in [5, 5.41) is 9.91. The molecule has 0 aromatic heterocycles. The molecule has 4 heteroatoms. The summed E-state index contributed by atoms with van der Waals surface area (Å²) in [6, 6.07) is 1.15. The van der Waals surface area contributed by atoms with Crippen molar-refractivity contribution >= 4 is 22.1 Å². The zero-order chi connectivity index (χ0) is 8.86. The Morgan fingerprint density at radius 1 is 1.50 bits per heavy atom. The summed E-state index contributed by atoms with van der Waals surface area (Å²) in [5.41, 5.74) is -0.665. The third-order valence-corrected chi connectivity index (χ3v) is 4.82. The molecular weight excluding hydrogens is 188 g/mol. The SMILES string of the molecule is OC1([SiH2]CCCS)CCCCO1. The minimum Gasteiger partial charge on any atom is -0.370 e. The first kappa shape index (κ1) is 10.6. The lowest BCUT2D eigenvalue weighted by Gasteiger charge is -2.32. The van der Waals surface area contributed by atoms with Gasteiger partial charge in [-0.05, 0) is 31.4 Å². The molecule has 0 aromatic rings. The van der Waals surface area contributed by atoms with Gasteiger partial charge in [0.2, 0.25) is 0 Å². The van der Waals surface area contributed by atoms with Crippen molar-refractivity contribution in [2.45, 2.75) is 37.1 Å². The number of hydrogen-bond donors (Lipinski definition) is 2. The summed E-state index contributed by atoms with van der Waals surface area (Å²) in [4.78, 5) is 0. The Balaban J connectivity index is 2.17. The van der Waals surface area contributed by atoms with Gasteiger partial charge in [0, 0.05) is 6.61 Å². The second kappa shape index (κ2) is 5.27. The van der Waals surface area contributed by atoms with E-state index in [1.165, 1.54) is 0 Å². The molecule has 1 N–H and O–H groups in total. The molecule has 1 fully saturated rings. The fourth-order valence-electron chi connectivity index (χ4n) is 1.55. The zero-order valence-electron chi connectivity index (χ0n) is 7.46. The summed E-state index contributed by atoms with van der Waals surface area (Å²) in [6.45, 7) is 0.754. The number of aliphatic hydroxyl groups is 1. The maximum absolute atomic E-state index is 9.91. The van der Waals surface area contributed by atoms with Gasteiger partial charge in [-0.25, -0.2) is 0 Å². The molecule has 0 saturated carbocycles. The van der Waals surface area contributed by atoms with Crippen LogP contribution in [0.5, 0.6) is 0 Å². The molecule has 1 aliphatic rings. The molecule has 0 spiro atoms. The summed E-state index contributed by atoms with van der Waals surface area (Å²) < 4.78 is 5.40. The van der Waals surface area contributed by atoms with Gasteiger partial charge in [0.05, 0.1) is 9.52 Å². The number of hydrogen-bond acceptors (Lipinski definition) is 3. The van der Waals surface area contributed by atoms with Crippen LogP contribution in [0.25, 0.3) is 0 Å². The van der Waals surface area contributed by atoms with E-state index in [0.717, 1.165) is 44.1 Å². The van der Waals surface area contributed by atoms with Crippen molar-refractivity contribution in [3.63, 3.8) is 0 Å². The van der Waals surface area contributed by atoms with Crippen LogP contribution in [0.3, 0.4) is 0 Å². The van der Waals surface area contributed by atoms with Crippen LogP contribution in [0.2, 0.25) is 6.04 Å². The van der Waals surface area contributed by atoms with Crippen LogP contribution in [0, 0.1) is 0 Å². The summed E-state index contributed by atoms with van der Waals surface area (Å²) in [5.74, 6) is 0.934. The lowest BCUT2D eigenvalue weighted by molar-refractivity contribution is -0.164. The Morgan fingerprint density at radius 2 is 2.33 bits per heavy atom. The molecule has 1 saturated heterocycles. The highest BCUT2D eigenvalue weighted by Crippen LogP contribution is 2.22. The van der Waals surface area contributed by atoms with Crippen molar-refractivity contribution in [2.24, 2.45) is 0 Å². The van der Waals surface area contributed by atoms with Crippen molar-refractivity contribution in [3.8, 4) is 0 Å². The molecule has 0 aromatic carbocycles. The lowest BCUT2D eigenvalue weighted by atomic mass is 10.2. The van der Waals surface area contributed by atoms with Gasteiger partial charge in [-0.15, -0.1) is 0 Å². The van der Waals surface area contributed by atoms with Crippen LogP contribution in [0.15, 0.2) is 0 Å². The van der Waals surface area contributed by atoms with Crippen LogP contribution in [0.4, 0.5) is 0 Å². The second-order valence-electron chi connectivity index (χ2n) is 3.43. The van der Waals surface area contributed by atoms with E-state index in [4.69, 9.17) is 4.74 Å². The predicted molar refractivity (Wildman–Crippen MR) is 56.6 cm³/mol. The molecule has 0 amide bonds. The average Bonchev–Trinajstić information content (AvgIpc) is 2.06. The van der Waals surface area contributed by atoms with E-state index in [1.54, 1.807) is 0 Å². The summed E-state index contributed by atoms with van der Waals surface area (Å²) >= 11 is 4.15. The van der Waals surface area contributed by atoms with Crippen LogP contribution in [-0.4, -0.2) is 32.4 Å². The maximum atomic E-state index is 9.91. The zero-order valence-corrected chi connectivity index (χ0v) is 9.77. The van der Waals surface area contributed by atoms with Crippen molar-refractivity contribution in [1.29, 1.82) is 0 Å². The van der Waals surface area contributed by atoms with Gasteiger partial charge in [0.1, 0.15) is 5.41 Å². The normalized spacial score (nSPS) is 31.5. The van der Waals surface area contributed by atoms with Gasteiger partial charge in [0.25, 0.3) is 0 Å². The monoisotopic (exact) mass is 206 g/mol. The van der Waals surface area contributed by atoms with Crippen molar-refractivity contribution in [2.75, 3.05) is 12.4 Å². The van der Waals surface area contributed by atoms with Crippen molar-refractivity contribution in [1.82, 2.24) is 0 Å². The Morgan fingerprint density at radius 3 is 2.92 bits per heavy atom. The van der Waals surface area contributed by atoms with Crippen molar-refractivity contribution < 1.29 is 9.84 Å². The fraction of sp³-hybridized carbons (Fsp3) is 1.00.